The van der Waals surface area contributed by atoms with E-state index < -0.39 is 0 Å². The zero-order valence-electron chi connectivity index (χ0n) is 12.0. The molecule has 2 nitrogen and oxygen atoms in total. The maximum atomic E-state index is 6.18. The van der Waals surface area contributed by atoms with Crippen molar-refractivity contribution in [2.45, 2.75) is 71.4 Å². The lowest BCUT2D eigenvalue weighted by atomic mass is 9.78. The first-order chi connectivity index (χ1) is 8.14. The predicted octanol–water partition coefficient (Wildman–Crippen LogP) is 3.67. The third-order valence-corrected chi connectivity index (χ3v) is 3.62. The van der Waals surface area contributed by atoms with Crippen molar-refractivity contribution in [1.82, 2.24) is 5.32 Å². The largest absolute Gasteiger partial charge is 0.373 e. The first-order valence-electron chi connectivity index (χ1n) is 7.17. The number of hydrogen-bond acceptors (Lipinski definition) is 2. The lowest BCUT2D eigenvalue weighted by Crippen LogP contribution is -2.52. The van der Waals surface area contributed by atoms with Gasteiger partial charge in [0.15, 0.2) is 0 Å². The van der Waals surface area contributed by atoms with Crippen LogP contribution in [0.1, 0.15) is 59.8 Å². The number of ether oxygens (including phenoxy) is 1. The second kappa shape index (κ2) is 7.17. The Morgan fingerprint density at radius 2 is 1.88 bits per heavy atom. The highest BCUT2D eigenvalue weighted by Gasteiger charge is 2.39. The summed E-state index contributed by atoms with van der Waals surface area (Å²) in [4.78, 5) is 0. The van der Waals surface area contributed by atoms with Crippen molar-refractivity contribution in [3.8, 4) is 0 Å². The zero-order valence-corrected chi connectivity index (χ0v) is 12.0. The van der Waals surface area contributed by atoms with E-state index in [-0.39, 0.29) is 5.60 Å². The van der Waals surface area contributed by atoms with Gasteiger partial charge in [-0.1, -0.05) is 37.8 Å². The van der Waals surface area contributed by atoms with Crippen LogP contribution in [0.2, 0.25) is 0 Å². The van der Waals surface area contributed by atoms with Gasteiger partial charge in [-0.25, -0.2) is 0 Å². The summed E-state index contributed by atoms with van der Waals surface area (Å²) in [6.07, 6.45) is 8.72. The molecule has 0 aromatic rings. The third-order valence-electron chi connectivity index (χ3n) is 3.62. The summed E-state index contributed by atoms with van der Waals surface area (Å²) < 4.78 is 6.18. The number of nitrogens with one attached hydrogen (secondary N) is 1. The highest BCUT2D eigenvalue weighted by atomic mass is 16.5. The molecule has 1 aliphatic rings. The summed E-state index contributed by atoms with van der Waals surface area (Å²) >= 11 is 0. The van der Waals surface area contributed by atoms with Crippen LogP contribution in [0.25, 0.3) is 0 Å². The van der Waals surface area contributed by atoms with Gasteiger partial charge in [-0.15, -0.1) is 0 Å². The molecule has 2 heteroatoms. The van der Waals surface area contributed by atoms with E-state index in [2.05, 4.69) is 39.1 Å². The summed E-state index contributed by atoms with van der Waals surface area (Å²) in [6, 6.07) is 0.373. The van der Waals surface area contributed by atoms with E-state index in [4.69, 9.17) is 4.74 Å². The van der Waals surface area contributed by atoms with Gasteiger partial charge < -0.3 is 10.1 Å². The molecule has 17 heavy (non-hydrogen) atoms. The average Bonchev–Trinajstić information content (AvgIpc) is 2.29. The lowest BCUT2D eigenvalue weighted by Gasteiger charge is -2.42. The minimum Gasteiger partial charge on any atom is -0.373 e. The summed E-state index contributed by atoms with van der Waals surface area (Å²) in [5.74, 6) is 0. The number of likely N-dealkylation sites (N-methyl/N-ethyl adjacent to an activating group) is 1. The molecular weight excluding hydrogens is 210 g/mol. The molecule has 1 N–H and O–H groups in total. The molecule has 0 aromatic heterocycles. The monoisotopic (exact) mass is 239 g/mol. The molecule has 1 fully saturated rings. The first-order valence-corrected chi connectivity index (χ1v) is 7.17. The smallest absolute Gasteiger partial charge is 0.0870 e. The molecule has 1 aliphatic carbocycles. The van der Waals surface area contributed by atoms with Gasteiger partial charge in [0.1, 0.15) is 0 Å². The zero-order chi connectivity index (χ0) is 12.7. The number of rotatable bonds is 6. The second-order valence-electron chi connectivity index (χ2n) is 5.34. The van der Waals surface area contributed by atoms with Crippen molar-refractivity contribution in [1.29, 1.82) is 0 Å². The Morgan fingerprint density at radius 1 is 1.24 bits per heavy atom. The van der Waals surface area contributed by atoms with Crippen LogP contribution in [-0.4, -0.2) is 24.8 Å². The van der Waals surface area contributed by atoms with E-state index in [1.807, 2.05) is 0 Å². The van der Waals surface area contributed by atoms with Gasteiger partial charge in [0.05, 0.1) is 11.6 Å². The fourth-order valence-electron chi connectivity index (χ4n) is 2.93. The predicted molar refractivity (Wildman–Crippen MR) is 74.3 cm³/mol. The summed E-state index contributed by atoms with van der Waals surface area (Å²) in [7, 11) is 0. The van der Waals surface area contributed by atoms with Crippen molar-refractivity contribution in [2.75, 3.05) is 13.2 Å². The Morgan fingerprint density at radius 3 is 2.35 bits per heavy atom. The van der Waals surface area contributed by atoms with E-state index >= 15 is 0 Å². The third kappa shape index (κ3) is 4.11. The van der Waals surface area contributed by atoms with Gasteiger partial charge in [-0.3, -0.25) is 0 Å². The molecule has 0 radical (unpaired) electrons. The molecule has 1 atom stereocenters. The SMILES string of the molecule is CCNC(C=C(C)C)C1(OCC)CCCCC1. The molecule has 0 spiro atoms. The molecular formula is C15H29NO. The summed E-state index contributed by atoms with van der Waals surface area (Å²) in [6.45, 7) is 10.5. The maximum Gasteiger partial charge on any atom is 0.0870 e. The fourth-order valence-corrected chi connectivity index (χ4v) is 2.93. The lowest BCUT2D eigenvalue weighted by molar-refractivity contribution is -0.0794. The van der Waals surface area contributed by atoms with Crippen LogP contribution in [0.5, 0.6) is 0 Å². The van der Waals surface area contributed by atoms with E-state index in [9.17, 15) is 0 Å². The van der Waals surface area contributed by atoms with Crippen molar-refractivity contribution in [2.24, 2.45) is 0 Å². The summed E-state index contributed by atoms with van der Waals surface area (Å²) in [5.41, 5.74) is 1.42. The van der Waals surface area contributed by atoms with Gasteiger partial charge in [0.2, 0.25) is 0 Å². The molecule has 1 unspecified atom stereocenters. The highest BCUT2D eigenvalue weighted by Crippen LogP contribution is 2.35. The van der Waals surface area contributed by atoms with E-state index in [1.54, 1.807) is 0 Å². The van der Waals surface area contributed by atoms with Gasteiger partial charge in [-0.05, 0) is 40.2 Å². The minimum atomic E-state index is 0.0419. The van der Waals surface area contributed by atoms with Crippen molar-refractivity contribution in [3.63, 3.8) is 0 Å². The van der Waals surface area contributed by atoms with Crippen LogP contribution >= 0.6 is 0 Å². The quantitative estimate of drug-likeness (QED) is 0.714. The van der Waals surface area contributed by atoms with E-state index in [0.29, 0.717) is 6.04 Å². The Labute approximate surface area is 107 Å². The first kappa shape index (κ1) is 14.7. The molecule has 0 heterocycles. The van der Waals surface area contributed by atoms with Crippen LogP contribution in [0.3, 0.4) is 0 Å². The molecule has 1 rings (SSSR count). The number of hydrogen-bond donors (Lipinski definition) is 1. The Kier molecular flexibility index (Phi) is 6.21. The topological polar surface area (TPSA) is 21.3 Å². The molecule has 1 saturated carbocycles. The molecule has 0 bridgehead atoms. The van der Waals surface area contributed by atoms with E-state index in [0.717, 1.165) is 13.2 Å². The van der Waals surface area contributed by atoms with Gasteiger partial charge in [0, 0.05) is 6.61 Å². The second-order valence-corrected chi connectivity index (χ2v) is 5.34. The normalized spacial score (nSPS) is 20.9. The van der Waals surface area contributed by atoms with Gasteiger partial charge in [-0.2, -0.15) is 0 Å². The highest BCUT2D eigenvalue weighted by molar-refractivity contribution is 5.10. The fraction of sp³-hybridized carbons (Fsp3) is 0.867. The maximum absolute atomic E-state index is 6.18. The average molecular weight is 239 g/mol. The van der Waals surface area contributed by atoms with Crippen LogP contribution in [0.4, 0.5) is 0 Å². The van der Waals surface area contributed by atoms with Crippen molar-refractivity contribution >= 4 is 0 Å². The van der Waals surface area contributed by atoms with Crippen LogP contribution < -0.4 is 5.32 Å². The molecule has 0 amide bonds. The van der Waals surface area contributed by atoms with Crippen LogP contribution in [0.15, 0.2) is 11.6 Å². The molecule has 0 aromatic carbocycles. The van der Waals surface area contributed by atoms with E-state index in [1.165, 1.54) is 37.7 Å². The van der Waals surface area contributed by atoms with Crippen molar-refractivity contribution < 1.29 is 4.74 Å². The summed E-state index contributed by atoms with van der Waals surface area (Å²) in [5, 5.41) is 3.61. The van der Waals surface area contributed by atoms with Gasteiger partial charge in [0.25, 0.3) is 0 Å². The Balaban J connectivity index is 2.86. The van der Waals surface area contributed by atoms with Crippen LogP contribution in [-0.2, 0) is 4.74 Å². The Bertz CT molecular complexity index is 232. The Hall–Kier alpha value is -0.340. The molecule has 100 valence electrons. The van der Waals surface area contributed by atoms with Crippen molar-refractivity contribution in [3.05, 3.63) is 11.6 Å². The molecule has 0 aliphatic heterocycles. The standard InChI is InChI=1S/C15H29NO/c1-5-16-14(12-13(3)4)15(17-6-2)10-8-7-9-11-15/h12,14,16H,5-11H2,1-4H3. The van der Waals surface area contributed by atoms with Gasteiger partial charge >= 0.3 is 0 Å². The molecule has 0 saturated heterocycles. The number of allylic oxidation sites excluding steroid dienone is 1. The van der Waals surface area contributed by atoms with Crippen LogP contribution in [0, 0.1) is 0 Å². The minimum absolute atomic E-state index is 0.0419.